The summed E-state index contributed by atoms with van der Waals surface area (Å²) in [5.41, 5.74) is 0. The molecule has 1 fully saturated rings. The van der Waals surface area contributed by atoms with Gasteiger partial charge in [0.25, 0.3) is 0 Å². The average Bonchev–Trinajstić information content (AvgIpc) is 3.20. The number of carbonyl (C=O) groups is 1. The van der Waals surface area contributed by atoms with Gasteiger partial charge in [0.2, 0.25) is 0 Å². The average molecular weight is 799 g/mol. The second kappa shape index (κ2) is 39.4. The van der Waals surface area contributed by atoms with Crippen LogP contribution >= 0.6 is 0 Å². The zero-order chi connectivity index (χ0) is 40.7. The minimum absolute atomic E-state index is 0.108. The molecular weight excluding hydrogens is 709 g/mol. The van der Waals surface area contributed by atoms with Crippen LogP contribution in [0, 0.1) is 0 Å². The molecule has 0 aliphatic carbocycles. The molecule has 1 rings (SSSR count). The second-order valence-corrected chi connectivity index (χ2v) is 16.6. The number of ether oxygens (including phenoxy) is 4. The van der Waals surface area contributed by atoms with Crippen LogP contribution in [0.2, 0.25) is 0 Å². The molecule has 9 nitrogen and oxygen atoms in total. The van der Waals surface area contributed by atoms with Crippen LogP contribution in [0.4, 0.5) is 0 Å². The van der Waals surface area contributed by atoms with Crippen molar-refractivity contribution < 1.29 is 44.2 Å². The van der Waals surface area contributed by atoms with Crippen LogP contribution in [-0.2, 0) is 23.7 Å². The highest BCUT2D eigenvalue weighted by molar-refractivity contribution is 5.69. The summed E-state index contributed by atoms with van der Waals surface area (Å²) in [6.45, 7) is 4.56. The van der Waals surface area contributed by atoms with E-state index in [9.17, 15) is 25.2 Å². The van der Waals surface area contributed by atoms with Gasteiger partial charge in [-0.05, 0) is 38.5 Å². The lowest BCUT2D eigenvalue weighted by Crippen LogP contribution is -2.59. The largest absolute Gasteiger partial charge is 0.457 e. The highest BCUT2D eigenvalue weighted by atomic mass is 16.7. The van der Waals surface area contributed by atoms with Crippen molar-refractivity contribution in [2.75, 3.05) is 26.4 Å². The van der Waals surface area contributed by atoms with Crippen molar-refractivity contribution in [2.45, 2.75) is 256 Å². The Bertz CT molecular complexity index is 869. The molecule has 0 aromatic heterocycles. The zero-order valence-electron chi connectivity index (χ0n) is 36.4. The summed E-state index contributed by atoms with van der Waals surface area (Å²) < 4.78 is 22.8. The number of hydrogen-bond donors (Lipinski definition) is 4. The first-order valence-corrected chi connectivity index (χ1v) is 23.8. The van der Waals surface area contributed by atoms with Crippen molar-refractivity contribution in [2.24, 2.45) is 0 Å². The summed E-state index contributed by atoms with van der Waals surface area (Å²) in [7, 11) is 0. The fourth-order valence-corrected chi connectivity index (χ4v) is 7.43. The Morgan fingerprint density at radius 1 is 0.554 bits per heavy atom. The van der Waals surface area contributed by atoms with Gasteiger partial charge in [-0.2, -0.15) is 0 Å². The lowest BCUT2D eigenvalue weighted by atomic mass is 9.99. The first-order chi connectivity index (χ1) is 27.4. The molecule has 0 aromatic rings. The minimum Gasteiger partial charge on any atom is -0.457 e. The molecule has 4 N–H and O–H groups in total. The summed E-state index contributed by atoms with van der Waals surface area (Å²) in [6.07, 6.45) is 36.9. The summed E-state index contributed by atoms with van der Waals surface area (Å²) in [6, 6.07) is 0. The molecule has 1 heterocycles. The molecule has 0 bridgehead atoms. The maximum absolute atomic E-state index is 12.7. The summed E-state index contributed by atoms with van der Waals surface area (Å²) in [5, 5.41) is 40.0. The van der Waals surface area contributed by atoms with Gasteiger partial charge in [0, 0.05) is 13.0 Å². The molecule has 6 unspecified atom stereocenters. The van der Waals surface area contributed by atoms with Gasteiger partial charge < -0.3 is 39.4 Å². The highest BCUT2D eigenvalue weighted by Gasteiger charge is 2.44. The quantitative estimate of drug-likeness (QED) is 0.0271. The predicted molar refractivity (Wildman–Crippen MR) is 229 cm³/mol. The van der Waals surface area contributed by atoms with E-state index in [0.29, 0.717) is 13.0 Å². The Morgan fingerprint density at radius 2 is 0.982 bits per heavy atom. The van der Waals surface area contributed by atoms with Crippen molar-refractivity contribution >= 4 is 5.97 Å². The molecule has 0 amide bonds. The molecular formula is C47H90O9. The fourth-order valence-electron chi connectivity index (χ4n) is 7.43. The maximum atomic E-state index is 12.7. The van der Waals surface area contributed by atoms with Crippen LogP contribution < -0.4 is 0 Å². The Hall–Kier alpha value is -1.07. The molecule has 0 radical (unpaired) electrons. The van der Waals surface area contributed by atoms with Crippen molar-refractivity contribution in [1.29, 1.82) is 0 Å². The summed E-state index contributed by atoms with van der Waals surface area (Å²) in [5.74, 6) is -0.314. The molecule has 1 aliphatic heterocycles. The van der Waals surface area contributed by atoms with Gasteiger partial charge in [0.1, 0.15) is 30.5 Å². The van der Waals surface area contributed by atoms with E-state index in [-0.39, 0.29) is 19.2 Å². The number of aliphatic hydroxyl groups is 4. The zero-order valence-corrected chi connectivity index (χ0v) is 36.4. The van der Waals surface area contributed by atoms with E-state index < -0.39 is 43.4 Å². The number of esters is 1. The Balaban J connectivity index is 2.13. The van der Waals surface area contributed by atoms with Crippen LogP contribution in [0.25, 0.3) is 0 Å². The molecule has 9 heteroatoms. The van der Waals surface area contributed by atoms with E-state index in [1.54, 1.807) is 0 Å². The molecule has 0 saturated carbocycles. The Labute approximate surface area is 344 Å². The van der Waals surface area contributed by atoms with E-state index in [1.165, 1.54) is 167 Å². The Morgan fingerprint density at radius 3 is 1.45 bits per heavy atom. The van der Waals surface area contributed by atoms with E-state index in [4.69, 9.17) is 18.9 Å². The van der Waals surface area contributed by atoms with Gasteiger partial charge in [-0.1, -0.05) is 187 Å². The molecule has 332 valence electrons. The Kier molecular flexibility index (Phi) is 37.2. The summed E-state index contributed by atoms with van der Waals surface area (Å²) >= 11 is 0. The number of aliphatic hydroxyl groups excluding tert-OH is 4. The molecule has 1 aliphatic rings. The molecule has 0 aromatic carbocycles. The third-order valence-corrected chi connectivity index (χ3v) is 11.2. The van der Waals surface area contributed by atoms with Crippen molar-refractivity contribution in [3.05, 3.63) is 12.2 Å². The fraction of sp³-hybridized carbons (Fsp3) is 0.936. The highest BCUT2D eigenvalue weighted by Crippen LogP contribution is 2.23. The van der Waals surface area contributed by atoms with Crippen molar-refractivity contribution in [3.8, 4) is 0 Å². The van der Waals surface area contributed by atoms with Crippen molar-refractivity contribution in [3.63, 3.8) is 0 Å². The van der Waals surface area contributed by atoms with Crippen LogP contribution in [0.5, 0.6) is 0 Å². The van der Waals surface area contributed by atoms with Crippen LogP contribution in [-0.4, -0.2) is 89.6 Å². The number of hydrogen-bond acceptors (Lipinski definition) is 9. The lowest BCUT2D eigenvalue weighted by Gasteiger charge is -2.39. The van der Waals surface area contributed by atoms with Gasteiger partial charge >= 0.3 is 5.97 Å². The smallest absolute Gasteiger partial charge is 0.306 e. The summed E-state index contributed by atoms with van der Waals surface area (Å²) in [4.78, 5) is 12.7. The van der Waals surface area contributed by atoms with Crippen LogP contribution in [0.15, 0.2) is 12.2 Å². The molecule has 1 saturated heterocycles. The predicted octanol–water partition coefficient (Wildman–Crippen LogP) is 10.8. The van der Waals surface area contributed by atoms with Gasteiger partial charge in [0.15, 0.2) is 6.29 Å². The van der Waals surface area contributed by atoms with E-state index >= 15 is 0 Å². The topological polar surface area (TPSA) is 135 Å². The van der Waals surface area contributed by atoms with E-state index in [1.807, 2.05) is 0 Å². The third kappa shape index (κ3) is 30.0. The second-order valence-electron chi connectivity index (χ2n) is 16.6. The van der Waals surface area contributed by atoms with Gasteiger partial charge in [-0.3, -0.25) is 4.79 Å². The molecule has 6 atom stereocenters. The number of unbranched alkanes of at least 4 members (excludes halogenated alkanes) is 28. The van der Waals surface area contributed by atoms with Gasteiger partial charge in [-0.15, -0.1) is 0 Å². The standard InChI is InChI=1S/C47H90O9/c1-3-5-7-9-11-13-14-15-16-17-18-19-20-21-22-23-24-25-26-27-29-31-33-35-37-53-39-41(40-54-47-46(52)45(51)44(50)42(38-48)56-47)55-43(49)36-34-32-30-28-12-10-8-6-4-2/h17-18,41-42,44-48,50-52H,3-16,19-40H2,1-2H3/b18-17-. The lowest BCUT2D eigenvalue weighted by molar-refractivity contribution is -0.305. The molecule has 0 spiro atoms. The number of allylic oxidation sites excluding steroid dienone is 2. The first kappa shape index (κ1) is 52.9. The first-order valence-electron chi connectivity index (χ1n) is 23.8. The monoisotopic (exact) mass is 799 g/mol. The number of rotatable bonds is 41. The van der Waals surface area contributed by atoms with E-state index in [2.05, 4.69) is 26.0 Å². The SMILES string of the molecule is CCCCCCCCCC/C=C\CCCCCCCCCCCCCCOCC(COC1OC(CO)C(O)C(O)C1O)OC(=O)CCCCCCCCCCC. The minimum atomic E-state index is -1.53. The van der Waals surface area contributed by atoms with Crippen LogP contribution in [0.3, 0.4) is 0 Å². The van der Waals surface area contributed by atoms with Gasteiger partial charge in [0.05, 0.1) is 19.8 Å². The van der Waals surface area contributed by atoms with Gasteiger partial charge in [-0.25, -0.2) is 0 Å². The van der Waals surface area contributed by atoms with Crippen LogP contribution in [0.1, 0.15) is 219 Å². The normalized spacial score (nSPS) is 20.6. The third-order valence-electron chi connectivity index (χ3n) is 11.2. The maximum Gasteiger partial charge on any atom is 0.306 e. The van der Waals surface area contributed by atoms with Crippen molar-refractivity contribution in [1.82, 2.24) is 0 Å². The van der Waals surface area contributed by atoms with E-state index in [0.717, 1.165) is 32.1 Å². The molecule has 56 heavy (non-hydrogen) atoms. The number of carbonyl (C=O) groups excluding carboxylic acids is 1.